The number of piperazine rings is 1. The van der Waals surface area contributed by atoms with E-state index in [4.69, 9.17) is 28.6 Å². The summed E-state index contributed by atoms with van der Waals surface area (Å²) < 4.78 is 5.37. The SMILES string of the molecule is S=C(NCCN1CCOCC1)N1CCN(c2ccccc2Cl)CC1. The minimum atomic E-state index is 0.817. The molecule has 2 heterocycles. The summed E-state index contributed by atoms with van der Waals surface area (Å²) in [5.74, 6) is 0. The van der Waals surface area contributed by atoms with Crippen LogP contribution in [0.4, 0.5) is 5.69 Å². The average molecular weight is 369 g/mol. The van der Waals surface area contributed by atoms with Gasteiger partial charge in [0.2, 0.25) is 0 Å². The zero-order valence-corrected chi connectivity index (χ0v) is 15.5. The quantitative estimate of drug-likeness (QED) is 0.814. The Morgan fingerprint density at radius 1 is 1.08 bits per heavy atom. The van der Waals surface area contributed by atoms with Crippen LogP contribution in [0.5, 0.6) is 0 Å². The molecule has 2 saturated heterocycles. The van der Waals surface area contributed by atoms with Crippen LogP contribution < -0.4 is 10.2 Å². The van der Waals surface area contributed by atoms with Gasteiger partial charge in [0.05, 0.1) is 23.9 Å². The number of halogens is 1. The molecule has 0 amide bonds. The fraction of sp³-hybridized carbons (Fsp3) is 0.588. The Labute approximate surface area is 154 Å². The smallest absolute Gasteiger partial charge is 0.169 e. The first-order chi connectivity index (χ1) is 11.7. The van der Waals surface area contributed by atoms with Gasteiger partial charge in [-0.25, -0.2) is 0 Å². The third kappa shape index (κ3) is 4.72. The second kappa shape index (κ2) is 8.85. The van der Waals surface area contributed by atoms with Crippen LogP contribution in [0, 0.1) is 0 Å². The number of nitrogens with zero attached hydrogens (tertiary/aromatic N) is 3. The Kier molecular flexibility index (Phi) is 6.54. The standard InChI is InChI=1S/C17H25ClN4OS/c18-15-3-1-2-4-16(15)21-7-9-22(10-8-21)17(24)19-5-6-20-11-13-23-14-12-20/h1-4H,5-14H2,(H,19,24). The van der Waals surface area contributed by atoms with E-state index in [0.717, 1.165) is 81.4 Å². The number of thiocarbonyl (C=S) groups is 1. The lowest BCUT2D eigenvalue weighted by Crippen LogP contribution is -2.52. The van der Waals surface area contributed by atoms with Crippen molar-refractivity contribution in [1.82, 2.24) is 15.1 Å². The molecule has 0 radical (unpaired) electrons. The minimum Gasteiger partial charge on any atom is -0.379 e. The third-order valence-corrected chi connectivity index (χ3v) is 5.29. The molecular formula is C17H25ClN4OS. The highest BCUT2D eigenvalue weighted by molar-refractivity contribution is 7.80. The molecule has 2 fully saturated rings. The molecule has 0 unspecified atom stereocenters. The molecule has 2 aliphatic heterocycles. The van der Waals surface area contributed by atoms with E-state index in [0.29, 0.717) is 0 Å². The molecule has 0 atom stereocenters. The number of morpholine rings is 1. The number of ether oxygens (including phenoxy) is 1. The first kappa shape index (κ1) is 17.7. The first-order valence-corrected chi connectivity index (χ1v) is 9.35. The van der Waals surface area contributed by atoms with E-state index in [9.17, 15) is 0 Å². The molecule has 0 bridgehead atoms. The van der Waals surface area contributed by atoms with E-state index in [1.165, 1.54) is 0 Å². The monoisotopic (exact) mass is 368 g/mol. The highest BCUT2D eigenvalue weighted by atomic mass is 35.5. The van der Waals surface area contributed by atoms with Crippen molar-refractivity contribution in [3.63, 3.8) is 0 Å². The fourth-order valence-corrected chi connectivity index (χ4v) is 3.66. The predicted octanol–water partition coefficient (Wildman–Crippen LogP) is 1.67. The van der Waals surface area contributed by atoms with E-state index in [-0.39, 0.29) is 0 Å². The van der Waals surface area contributed by atoms with Gasteiger partial charge in [0.1, 0.15) is 0 Å². The lowest BCUT2D eigenvalue weighted by molar-refractivity contribution is 0.0388. The molecule has 5 nitrogen and oxygen atoms in total. The van der Waals surface area contributed by atoms with Crippen molar-refractivity contribution in [3.05, 3.63) is 29.3 Å². The highest BCUT2D eigenvalue weighted by Gasteiger charge is 2.20. The number of benzene rings is 1. The van der Waals surface area contributed by atoms with Crippen LogP contribution in [-0.2, 0) is 4.74 Å². The van der Waals surface area contributed by atoms with Crippen molar-refractivity contribution < 1.29 is 4.74 Å². The molecular weight excluding hydrogens is 344 g/mol. The molecule has 0 spiro atoms. The van der Waals surface area contributed by atoms with Gasteiger partial charge >= 0.3 is 0 Å². The summed E-state index contributed by atoms with van der Waals surface area (Å²) >= 11 is 11.8. The number of anilines is 1. The highest BCUT2D eigenvalue weighted by Crippen LogP contribution is 2.25. The molecule has 1 aromatic carbocycles. The van der Waals surface area contributed by atoms with Gasteiger partial charge in [0, 0.05) is 52.4 Å². The van der Waals surface area contributed by atoms with Crippen LogP contribution in [0.1, 0.15) is 0 Å². The Morgan fingerprint density at radius 3 is 2.50 bits per heavy atom. The molecule has 1 N–H and O–H groups in total. The van der Waals surface area contributed by atoms with Gasteiger partial charge in [-0.05, 0) is 24.4 Å². The van der Waals surface area contributed by atoms with Crippen molar-refractivity contribution in [1.29, 1.82) is 0 Å². The summed E-state index contributed by atoms with van der Waals surface area (Å²) in [5, 5.41) is 5.08. The second-order valence-corrected chi connectivity index (χ2v) is 6.91. The molecule has 3 rings (SSSR count). The van der Waals surface area contributed by atoms with Crippen LogP contribution in [-0.4, -0.2) is 80.5 Å². The molecule has 24 heavy (non-hydrogen) atoms. The van der Waals surface area contributed by atoms with Gasteiger partial charge in [-0.1, -0.05) is 23.7 Å². The van der Waals surface area contributed by atoms with Gasteiger partial charge in [0.25, 0.3) is 0 Å². The zero-order valence-electron chi connectivity index (χ0n) is 13.9. The molecule has 132 valence electrons. The number of rotatable bonds is 4. The van der Waals surface area contributed by atoms with Crippen LogP contribution in [0.2, 0.25) is 5.02 Å². The molecule has 2 aliphatic rings. The van der Waals surface area contributed by atoms with Gasteiger partial charge in [0.15, 0.2) is 5.11 Å². The topological polar surface area (TPSA) is 31.0 Å². The van der Waals surface area contributed by atoms with Crippen LogP contribution >= 0.6 is 23.8 Å². The number of hydrogen-bond donors (Lipinski definition) is 1. The van der Waals surface area contributed by atoms with Crippen molar-refractivity contribution in [2.45, 2.75) is 0 Å². The van der Waals surface area contributed by atoms with Gasteiger partial charge in [-0.3, -0.25) is 4.90 Å². The summed E-state index contributed by atoms with van der Waals surface area (Å²) in [6.07, 6.45) is 0. The summed E-state index contributed by atoms with van der Waals surface area (Å²) in [6.45, 7) is 9.36. The van der Waals surface area contributed by atoms with Crippen LogP contribution in [0.15, 0.2) is 24.3 Å². The average Bonchev–Trinajstić information content (AvgIpc) is 2.63. The van der Waals surface area contributed by atoms with Crippen molar-refractivity contribution >= 4 is 34.6 Å². The molecule has 1 aromatic rings. The third-order valence-electron chi connectivity index (χ3n) is 4.57. The van der Waals surface area contributed by atoms with E-state index in [1.807, 2.05) is 18.2 Å². The molecule has 0 aromatic heterocycles. The predicted molar refractivity (Wildman–Crippen MR) is 103 cm³/mol. The normalized spacial score (nSPS) is 19.4. The summed E-state index contributed by atoms with van der Waals surface area (Å²) in [6, 6.07) is 8.03. The molecule has 0 aliphatic carbocycles. The number of para-hydroxylation sites is 1. The number of nitrogens with one attached hydrogen (secondary N) is 1. The van der Waals surface area contributed by atoms with Gasteiger partial charge in [-0.2, -0.15) is 0 Å². The Bertz CT molecular complexity index is 545. The summed E-state index contributed by atoms with van der Waals surface area (Å²) in [7, 11) is 0. The van der Waals surface area contributed by atoms with E-state index in [2.05, 4.69) is 26.1 Å². The van der Waals surface area contributed by atoms with Crippen molar-refractivity contribution in [3.8, 4) is 0 Å². The Balaban J connectivity index is 1.39. The zero-order chi connectivity index (χ0) is 16.8. The Hall–Kier alpha value is -1.08. The number of hydrogen-bond acceptors (Lipinski definition) is 4. The van der Waals surface area contributed by atoms with Crippen LogP contribution in [0.25, 0.3) is 0 Å². The summed E-state index contributed by atoms with van der Waals surface area (Å²) in [5.41, 5.74) is 1.12. The first-order valence-electron chi connectivity index (χ1n) is 8.56. The molecule has 7 heteroatoms. The van der Waals surface area contributed by atoms with E-state index in [1.54, 1.807) is 0 Å². The lowest BCUT2D eigenvalue weighted by Gasteiger charge is -2.38. The Morgan fingerprint density at radius 2 is 1.79 bits per heavy atom. The van der Waals surface area contributed by atoms with Crippen molar-refractivity contribution in [2.24, 2.45) is 0 Å². The maximum absolute atomic E-state index is 6.29. The van der Waals surface area contributed by atoms with Crippen molar-refractivity contribution in [2.75, 3.05) is 70.5 Å². The fourth-order valence-electron chi connectivity index (χ4n) is 3.12. The molecule has 0 saturated carbocycles. The van der Waals surface area contributed by atoms with Gasteiger partial charge in [-0.15, -0.1) is 0 Å². The maximum Gasteiger partial charge on any atom is 0.169 e. The van der Waals surface area contributed by atoms with Crippen LogP contribution in [0.3, 0.4) is 0 Å². The largest absolute Gasteiger partial charge is 0.379 e. The lowest BCUT2D eigenvalue weighted by atomic mass is 10.2. The van der Waals surface area contributed by atoms with E-state index >= 15 is 0 Å². The van der Waals surface area contributed by atoms with Gasteiger partial charge < -0.3 is 19.9 Å². The second-order valence-electron chi connectivity index (χ2n) is 6.11. The minimum absolute atomic E-state index is 0.817. The van der Waals surface area contributed by atoms with E-state index < -0.39 is 0 Å². The summed E-state index contributed by atoms with van der Waals surface area (Å²) in [4.78, 5) is 6.99. The maximum atomic E-state index is 6.29.